The predicted octanol–water partition coefficient (Wildman–Crippen LogP) is 1.02. The molecule has 0 saturated heterocycles. The van der Waals surface area contributed by atoms with Gasteiger partial charge in [-0.15, -0.1) is 0 Å². The highest BCUT2D eigenvalue weighted by Gasteiger charge is 2.13. The van der Waals surface area contributed by atoms with E-state index >= 15 is 0 Å². The van der Waals surface area contributed by atoms with Crippen LogP contribution >= 0.6 is 0 Å². The third kappa shape index (κ3) is 4.20. The van der Waals surface area contributed by atoms with E-state index in [1.807, 2.05) is 0 Å². The van der Waals surface area contributed by atoms with Gasteiger partial charge in [0.15, 0.2) is 0 Å². The first-order valence-electron chi connectivity index (χ1n) is 6.57. The fourth-order valence-electron chi connectivity index (χ4n) is 1.64. The molecule has 1 heterocycles. The van der Waals surface area contributed by atoms with Crippen LogP contribution in [0.25, 0.3) is 0 Å². The Morgan fingerprint density at radius 3 is 2.55 bits per heavy atom. The molecular formula is C15H16N4O3. The summed E-state index contributed by atoms with van der Waals surface area (Å²) in [6.45, 7) is 1.85. The van der Waals surface area contributed by atoms with Gasteiger partial charge in [-0.1, -0.05) is 12.1 Å². The van der Waals surface area contributed by atoms with Crippen molar-refractivity contribution in [3.05, 3.63) is 54.0 Å². The summed E-state index contributed by atoms with van der Waals surface area (Å²) >= 11 is 0. The molecule has 0 aliphatic carbocycles. The van der Waals surface area contributed by atoms with Crippen LogP contribution in [0.3, 0.4) is 0 Å². The van der Waals surface area contributed by atoms with Crippen molar-refractivity contribution in [1.29, 1.82) is 0 Å². The fourth-order valence-corrected chi connectivity index (χ4v) is 1.64. The summed E-state index contributed by atoms with van der Waals surface area (Å²) in [6.07, 6.45) is 1.49. The molecule has 0 aliphatic heterocycles. The molecule has 2 amide bonds. The van der Waals surface area contributed by atoms with E-state index in [1.165, 1.54) is 6.26 Å². The highest BCUT2D eigenvalue weighted by molar-refractivity contribution is 6.35. The molecule has 7 nitrogen and oxygen atoms in total. The first-order valence-corrected chi connectivity index (χ1v) is 6.57. The van der Waals surface area contributed by atoms with Gasteiger partial charge in [0.05, 0.1) is 18.5 Å². The maximum atomic E-state index is 11.6. The number of nitrogens with two attached hydrogens (primary N) is 1. The zero-order valence-electron chi connectivity index (χ0n) is 12.0. The Balaban J connectivity index is 1.86. The molecule has 7 heteroatoms. The van der Waals surface area contributed by atoms with E-state index in [0.29, 0.717) is 17.2 Å². The Kier molecular flexibility index (Phi) is 4.92. The van der Waals surface area contributed by atoms with Crippen LogP contribution in [0.1, 0.15) is 18.2 Å². The normalized spacial score (nSPS) is 11.0. The molecule has 0 aliphatic rings. The van der Waals surface area contributed by atoms with E-state index < -0.39 is 11.8 Å². The monoisotopic (exact) mass is 300 g/mol. The average molecular weight is 300 g/mol. The number of nitrogens with zero attached hydrogens (tertiary/aromatic N) is 1. The Morgan fingerprint density at radius 1 is 1.18 bits per heavy atom. The Hall–Kier alpha value is -3.09. The number of nitrogens with one attached hydrogen (secondary N) is 2. The smallest absolute Gasteiger partial charge is 0.329 e. The van der Waals surface area contributed by atoms with E-state index in [4.69, 9.17) is 10.2 Å². The minimum absolute atomic E-state index is 0.139. The van der Waals surface area contributed by atoms with E-state index in [9.17, 15) is 9.59 Å². The summed E-state index contributed by atoms with van der Waals surface area (Å²) < 4.78 is 5.05. The lowest BCUT2D eigenvalue weighted by molar-refractivity contribution is -0.139. The summed E-state index contributed by atoms with van der Waals surface area (Å²) in [5.74, 6) is -1.07. The molecule has 1 aromatic carbocycles. The molecule has 0 bridgehead atoms. The van der Waals surface area contributed by atoms with E-state index in [1.54, 1.807) is 43.3 Å². The van der Waals surface area contributed by atoms with E-state index in [-0.39, 0.29) is 6.54 Å². The molecule has 0 atom stereocenters. The molecule has 114 valence electrons. The Bertz CT molecular complexity index is 675. The zero-order chi connectivity index (χ0) is 15.9. The molecule has 1 aromatic heterocycles. The number of nitrogen functional groups attached to an aromatic ring is 1. The molecule has 0 spiro atoms. The number of furan rings is 1. The molecule has 4 N–H and O–H groups in total. The van der Waals surface area contributed by atoms with Gasteiger partial charge in [0.2, 0.25) is 0 Å². The van der Waals surface area contributed by atoms with Crippen LogP contribution in [-0.2, 0) is 16.1 Å². The number of hydrogen-bond donors (Lipinski definition) is 3. The molecule has 0 unspecified atom stereocenters. The summed E-state index contributed by atoms with van der Waals surface area (Å²) in [7, 11) is 0. The molecular weight excluding hydrogens is 284 g/mol. The number of anilines is 1. The largest absolute Gasteiger partial charge is 0.467 e. The van der Waals surface area contributed by atoms with Gasteiger partial charge in [-0.3, -0.25) is 9.59 Å². The van der Waals surface area contributed by atoms with Crippen molar-refractivity contribution >= 4 is 23.2 Å². The number of hydrogen-bond acceptors (Lipinski definition) is 5. The topological polar surface area (TPSA) is 110 Å². The number of benzene rings is 1. The number of carbonyl (C=O) groups excluding carboxylic acids is 2. The minimum atomic E-state index is -0.846. The van der Waals surface area contributed by atoms with Crippen LogP contribution in [0.4, 0.5) is 5.69 Å². The first kappa shape index (κ1) is 15.3. The summed E-state index contributed by atoms with van der Waals surface area (Å²) in [5, 5.41) is 6.31. The molecule has 2 rings (SSSR count). The number of amides is 2. The molecule has 0 fully saturated rings. The quantitative estimate of drug-likeness (QED) is 0.339. The second-order valence-electron chi connectivity index (χ2n) is 4.52. The van der Waals surface area contributed by atoms with Crippen molar-refractivity contribution in [2.75, 3.05) is 5.73 Å². The summed E-state index contributed by atoms with van der Waals surface area (Å²) in [5.41, 5.74) is 9.79. The van der Waals surface area contributed by atoms with Gasteiger partial charge in [-0.2, -0.15) is 5.10 Å². The van der Waals surface area contributed by atoms with Gasteiger partial charge < -0.3 is 15.5 Å². The molecule has 0 saturated carbocycles. The highest BCUT2D eigenvalue weighted by Crippen LogP contribution is 2.06. The first-order chi connectivity index (χ1) is 10.6. The lowest BCUT2D eigenvalue weighted by atomic mass is 10.1. The second-order valence-corrected chi connectivity index (χ2v) is 4.52. The SMILES string of the molecule is C/C(=N/NC(=O)C(=O)NCc1ccco1)c1ccc(N)cc1. The van der Waals surface area contributed by atoms with Crippen molar-refractivity contribution in [2.45, 2.75) is 13.5 Å². The van der Waals surface area contributed by atoms with Gasteiger partial charge in [-0.25, -0.2) is 5.43 Å². The van der Waals surface area contributed by atoms with Gasteiger partial charge in [0.1, 0.15) is 5.76 Å². The average Bonchev–Trinajstić information content (AvgIpc) is 3.04. The lowest BCUT2D eigenvalue weighted by Crippen LogP contribution is -2.37. The maximum Gasteiger partial charge on any atom is 0.329 e. The minimum Gasteiger partial charge on any atom is -0.467 e. The Morgan fingerprint density at radius 2 is 1.91 bits per heavy atom. The second kappa shape index (κ2) is 7.07. The van der Waals surface area contributed by atoms with Crippen LogP contribution in [0, 0.1) is 0 Å². The van der Waals surface area contributed by atoms with Crippen molar-refractivity contribution in [1.82, 2.24) is 10.7 Å². The molecule has 0 radical (unpaired) electrons. The van der Waals surface area contributed by atoms with E-state index in [2.05, 4.69) is 15.8 Å². The van der Waals surface area contributed by atoms with E-state index in [0.717, 1.165) is 5.56 Å². The highest BCUT2D eigenvalue weighted by atomic mass is 16.3. The van der Waals surface area contributed by atoms with Crippen LogP contribution in [0.2, 0.25) is 0 Å². The molecule has 22 heavy (non-hydrogen) atoms. The molecule has 2 aromatic rings. The van der Waals surface area contributed by atoms with Gasteiger partial charge in [0.25, 0.3) is 0 Å². The fraction of sp³-hybridized carbons (Fsp3) is 0.133. The summed E-state index contributed by atoms with van der Waals surface area (Å²) in [4.78, 5) is 23.2. The van der Waals surface area contributed by atoms with Crippen molar-refractivity contribution in [3.63, 3.8) is 0 Å². The standard InChI is InChI=1S/C15H16N4O3/c1-10(11-4-6-12(16)7-5-11)18-19-15(21)14(20)17-9-13-3-2-8-22-13/h2-8H,9,16H2,1H3,(H,17,20)(H,19,21)/b18-10-. The van der Waals surface area contributed by atoms with Crippen molar-refractivity contribution in [3.8, 4) is 0 Å². The third-order valence-electron chi connectivity index (χ3n) is 2.86. The number of rotatable bonds is 4. The van der Waals surface area contributed by atoms with Gasteiger partial charge >= 0.3 is 11.8 Å². The van der Waals surface area contributed by atoms with Gasteiger partial charge in [-0.05, 0) is 36.8 Å². The van der Waals surface area contributed by atoms with Crippen molar-refractivity contribution in [2.24, 2.45) is 5.10 Å². The van der Waals surface area contributed by atoms with Crippen LogP contribution in [0.5, 0.6) is 0 Å². The predicted molar refractivity (Wildman–Crippen MR) is 81.8 cm³/mol. The lowest BCUT2D eigenvalue weighted by Gasteiger charge is -2.04. The van der Waals surface area contributed by atoms with Gasteiger partial charge in [0, 0.05) is 5.69 Å². The Labute approximate surface area is 127 Å². The maximum absolute atomic E-state index is 11.6. The summed E-state index contributed by atoms with van der Waals surface area (Å²) in [6, 6.07) is 10.4. The zero-order valence-corrected chi connectivity index (χ0v) is 12.0. The number of carbonyl (C=O) groups is 2. The third-order valence-corrected chi connectivity index (χ3v) is 2.86. The van der Waals surface area contributed by atoms with Crippen LogP contribution in [0.15, 0.2) is 52.2 Å². The van der Waals surface area contributed by atoms with Crippen molar-refractivity contribution < 1.29 is 14.0 Å². The number of hydrazone groups is 1. The van der Waals surface area contributed by atoms with Crippen LogP contribution in [-0.4, -0.2) is 17.5 Å². The van der Waals surface area contributed by atoms with Crippen LogP contribution < -0.4 is 16.5 Å².